The number of ether oxygens (including phenoxy) is 2. The van der Waals surface area contributed by atoms with Crippen molar-refractivity contribution in [1.29, 1.82) is 0 Å². The molecule has 5 nitrogen and oxygen atoms in total. The van der Waals surface area contributed by atoms with E-state index in [2.05, 4.69) is 10.2 Å². The van der Waals surface area contributed by atoms with Crippen molar-refractivity contribution in [2.45, 2.75) is 6.10 Å². The molecular weight excluding hydrogens is 280 g/mol. The Hall–Kier alpha value is -1.30. The summed E-state index contributed by atoms with van der Waals surface area (Å²) in [6.07, 6.45) is 0.0493. The third-order valence-electron chi connectivity index (χ3n) is 3.05. The molecule has 1 amide bonds. The van der Waals surface area contributed by atoms with Crippen molar-refractivity contribution in [3.8, 4) is 5.75 Å². The van der Waals surface area contributed by atoms with Crippen LogP contribution < -0.4 is 10.1 Å². The van der Waals surface area contributed by atoms with Crippen LogP contribution in [0.2, 0.25) is 5.02 Å². The van der Waals surface area contributed by atoms with E-state index in [0.717, 1.165) is 13.1 Å². The summed E-state index contributed by atoms with van der Waals surface area (Å²) in [6.45, 7) is 2.97. The highest BCUT2D eigenvalue weighted by atomic mass is 35.5. The number of nitrogens with one attached hydrogen (secondary N) is 1. The first-order valence-corrected chi connectivity index (χ1v) is 6.96. The van der Waals surface area contributed by atoms with Crippen LogP contribution in [0.4, 0.5) is 0 Å². The molecule has 1 heterocycles. The molecule has 2 rings (SSSR count). The van der Waals surface area contributed by atoms with Gasteiger partial charge in [0.25, 0.3) is 5.91 Å². The molecule has 1 aromatic rings. The molecule has 1 atom stereocenters. The number of hydrogen-bond donors (Lipinski definition) is 1. The fourth-order valence-corrected chi connectivity index (χ4v) is 2.07. The molecule has 0 radical (unpaired) electrons. The average Bonchev–Trinajstić information content (AvgIpc) is 2.45. The SMILES string of the molecule is CN1CCOC(CNC(=O)COc2ccc(Cl)cc2)C1. The summed E-state index contributed by atoms with van der Waals surface area (Å²) in [5.74, 6) is 0.468. The van der Waals surface area contributed by atoms with Gasteiger partial charge in [0.1, 0.15) is 5.75 Å². The monoisotopic (exact) mass is 298 g/mol. The maximum absolute atomic E-state index is 11.7. The summed E-state index contributed by atoms with van der Waals surface area (Å²) < 4.78 is 10.9. The summed E-state index contributed by atoms with van der Waals surface area (Å²) >= 11 is 5.77. The molecule has 0 aromatic heterocycles. The molecule has 110 valence electrons. The lowest BCUT2D eigenvalue weighted by molar-refractivity contribution is -0.124. The molecule has 1 aliphatic rings. The van der Waals surface area contributed by atoms with E-state index in [4.69, 9.17) is 21.1 Å². The minimum absolute atomic E-state index is 0.00973. The van der Waals surface area contributed by atoms with Crippen LogP contribution in [0.25, 0.3) is 0 Å². The van der Waals surface area contributed by atoms with E-state index in [-0.39, 0.29) is 18.6 Å². The zero-order chi connectivity index (χ0) is 14.4. The van der Waals surface area contributed by atoms with Gasteiger partial charge in [0.2, 0.25) is 0 Å². The predicted octanol–water partition coefficient (Wildman–Crippen LogP) is 1.17. The number of likely N-dealkylation sites (N-methyl/N-ethyl adjacent to an activating group) is 1. The second-order valence-electron chi connectivity index (χ2n) is 4.80. The highest BCUT2D eigenvalue weighted by Crippen LogP contribution is 2.15. The van der Waals surface area contributed by atoms with Gasteiger partial charge in [-0.15, -0.1) is 0 Å². The van der Waals surface area contributed by atoms with E-state index in [1.807, 2.05) is 7.05 Å². The summed E-state index contributed by atoms with van der Waals surface area (Å²) in [4.78, 5) is 13.9. The van der Waals surface area contributed by atoms with Crippen LogP contribution in [0.1, 0.15) is 0 Å². The maximum atomic E-state index is 11.7. The number of halogens is 1. The largest absolute Gasteiger partial charge is 0.484 e. The van der Waals surface area contributed by atoms with Crippen molar-refractivity contribution in [3.05, 3.63) is 29.3 Å². The van der Waals surface area contributed by atoms with Gasteiger partial charge in [0.15, 0.2) is 6.61 Å². The predicted molar refractivity (Wildman–Crippen MR) is 77.2 cm³/mol. The van der Waals surface area contributed by atoms with Gasteiger partial charge in [-0.05, 0) is 31.3 Å². The average molecular weight is 299 g/mol. The minimum Gasteiger partial charge on any atom is -0.484 e. The number of rotatable bonds is 5. The van der Waals surface area contributed by atoms with Crippen molar-refractivity contribution in [2.75, 3.05) is 39.9 Å². The fourth-order valence-electron chi connectivity index (χ4n) is 1.95. The molecule has 0 bridgehead atoms. The van der Waals surface area contributed by atoms with Gasteiger partial charge in [0.05, 0.1) is 12.7 Å². The van der Waals surface area contributed by atoms with E-state index < -0.39 is 0 Å². The first kappa shape index (κ1) is 15.1. The Labute approximate surface area is 123 Å². The van der Waals surface area contributed by atoms with Crippen molar-refractivity contribution < 1.29 is 14.3 Å². The van der Waals surface area contributed by atoms with Crippen molar-refractivity contribution in [1.82, 2.24) is 10.2 Å². The van der Waals surface area contributed by atoms with Crippen LogP contribution >= 0.6 is 11.6 Å². The highest BCUT2D eigenvalue weighted by molar-refractivity contribution is 6.30. The Morgan fingerprint density at radius 1 is 1.50 bits per heavy atom. The Kier molecular flexibility index (Phi) is 5.64. The van der Waals surface area contributed by atoms with E-state index >= 15 is 0 Å². The number of carbonyl (C=O) groups excluding carboxylic acids is 1. The molecule has 0 saturated carbocycles. The zero-order valence-corrected chi connectivity index (χ0v) is 12.2. The van der Waals surface area contributed by atoms with Crippen LogP contribution in [-0.2, 0) is 9.53 Å². The second kappa shape index (κ2) is 7.47. The molecule has 0 spiro atoms. The number of nitrogens with zero attached hydrogens (tertiary/aromatic N) is 1. The van der Waals surface area contributed by atoms with Crippen LogP contribution in [0.5, 0.6) is 5.75 Å². The highest BCUT2D eigenvalue weighted by Gasteiger charge is 2.18. The molecule has 1 N–H and O–H groups in total. The molecule has 6 heteroatoms. The number of carbonyl (C=O) groups is 1. The quantitative estimate of drug-likeness (QED) is 0.886. The second-order valence-corrected chi connectivity index (χ2v) is 5.24. The lowest BCUT2D eigenvalue weighted by Crippen LogP contribution is -2.46. The number of hydrogen-bond acceptors (Lipinski definition) is 4. The standard InChI is InChI=1S/C14H19ClN2O3/c1-17-6-7-19-13(9-17)8-16-14(18)10-20-12-4-2-11(15)3-5-12/h2-5,13H,6-10H2,1H3,(H,16,18). The number of morpholine rings is 1. The third-order valence-corrected chi connectivity index (χ3v) is 3.30. The first-order chi connectivity index (χ1) is 9.63. The van der Waals surface area contributed by atoms with E-state index in [1.165, 1.54) is 0 Å². The molecule has 20 heavy (non-hydrogen) atoms. The van der Waals surface area contributed by atoms with E-state index in [9.17, 15) is 4.79 Å². The van der Waals surface area contributed by atoms with Crippen LogP contribution in [0.15, 0.2) is 24.3 Å². The Morgan fingerprint density at radius 3 is 2.95 bits per heavy atom. The lowest BCUT2D eigenvalue weighted by atomic mass is 10.3. The van der Waals surface area contributed by atoms with E-state index in [1.54, 1.807) is 24.3 Å². The van der Waals surface area contributed by atoms with Gasteiger partial charge in [0, 0.05) is 24.7 Å². The molecule has 1 aromatic carbocycles. The fraction of sp³-hybridized carbons (Fsp3) is 0.500. The van der Waals surface area contributed by atoms with Crippen molar-refractivity contribution in [3.63, 3.8) is 0 Å². The topological polar surface area (TPSA) is 50.8 Å². The van der Waals surface area contributed by atoms with Crippen molar-refractivity contribution >= 4 is 17.5 Å². The Balaban J connectivity index is 1.66. The van der Waals surface area contributed by atoms with E-state index in [0.29, 0.717) is 23.9 Å². The molecular formula is C14H19ClN2O3. The van der Waals surface area contributed by atoms with Crippen LogP contribution in [0, 0.1) is 0 Å². The number of benzene rings is 1. The Morgan fingerprint density at radius 2 is 2.25 bits per heavy atom. The van der Waals surface area contributed by atoms with Crippen molar-refractivity contribution in [2.24, 2.45) is 0 Å². The summed E-state index contributed by atoms with van der Waals surface area (Å²) in [6, 6.07) is 6.91. The van der Waals surface area contributed by atoms with Gasteiger partial charge in [-0.3, -0.25) is 4.79 Å². The van der Waals surface area contributed by atoms with Gasteiger partial charge in [-0.25, -0.2) is 0 Å². The van der Waals surface area contributed by atoms with Gasteiger partial charge < -0.3 is 19.7 Å². The maximum Gasteiger partial charge on any atom is 0.258 e. The van der Waals surface area contributed by atoms with Gasteiger partial charge in [-0.2, -0.15) is 0 Å². The van der Waals surface area contributed by atoms with Gasteiger partial charge in [-0.1, -0.05) is 11.6 Å². The smallest absolute Gasteiger partial charge is 0.258 e. The summed E-state index contributed by atoms with van der Waals surface area (Å²) in [7, 11) is 2.04. The zero-order valence-electron chi connectivity index (χ0n) is 11.5. The molecule has 1 fully saturated rings. The molecule has 1 aliphatic heterocycles. The van der Waals surface area contributed by atoms with Crippen LogP contribution in [-0.4, -0.2) is 56.8 Å². The molecule has 0 aliphatic carbocycles. The van der Waals surface area contributed by atoms with Gasteiger partial charge >= 0.3 is 0 Å². The summed E-state index contributed by atoms with van der Waals surface area (Å²) in [5, 5.41) is 3.45. The summed E-state index contributed by atoms with van der Waals surface area (Å²) in [5.41, 5.74) is 0. The Bertz CT molecular complexity index is 439. The number of amides is 1. The lowest BCUT2D eigenvalue weighted by Gasteiger charge is -2.30. The third kappa shape index (κ3) is 5.00. The normalized spacial score (nSPS) is 19.6. The molecule has 1 saturated heterocycles. The van der Waals surface area contributed by atoms with Crippen LogP contribution in [0.3, 0.4) is 0 Å². The minimum atomic E-state index is -0.156. The molecule has 1 unspecified atom stereocenters. The first-order valence-electron chi connectivity index (χ1n) is 6.58.